The van der Waals surface area contributed by atoms with E-state index in [0.717, 1.165) is 161 Å². The molecule has 0 spiro atoms. The van der Waals surface area contributed by atoms with Crippen LogP contribution in [0.25, 0.3) is 0 Å². The number of unbranched alkanes of at least 4 members (excludes halogenated alkanes) is 16. The van der Waals surface area contributed by atoms with Crippen molar-refractivity contribution in [2.75, 3.05) is 13.2 Å². The molecule has 0 aromatic heterocycles. The molecule has 1 N–H and O–H groups in total. The molecule has 0 amide bonds. The molecule has 0 fully saturated rings. The molecule has 0 saturated heterocycles. The van der Waals surface area contributed by atoms with Crippen molar-refractivity contribution in [1.29, 1.82) is 0 Å². The van der Waals surface area contributed by atoms with Gasteiger partial charge in [0.25, 0.3) is 0 Å². The highest BCUT2D eigenvalue weighted by atomic mass is 16.6. The van der Waals surface area contributed by atoms with E-state index in [1.54, 1.807) is 0 Å². The second kappa shape index (κ2) is 73.5. The van der Waals surface area contributed by atoms with E-state index in [-0.39, 0.29) is 25.2 Å². The Kier molecular flexibility index (Phi) is 68.5. The molecule has 0 aromatic rings. The van der Waals surface area contributed by atoms with Gasteiger partial charge in [0, 0.05) is 12.8 Å². The van der Waals surface area contributed by atoms with Crippen molar-refractivity contribution < 1.29 is 24.2 Å². The highest BCUT2D eigenvalue weighted by molar-refractivity contribution is 5.70. The molecule has 1 unspecified atom stereocenters. The average molecular weight is 1180 g/mol. The van der Waals surface area contributed by atoms with Gasteiger partial charge in [-0.2, -0.15) is 0 Å². The molecule has 0 bridgehead atoms. The second-order valence-electron chi connectivity index (χ2n) is 21.8. The number of hydrogen-bond acceptors (Lipinski definition) is 5. The molecule has 5 heteroatoms. The lowest BCUT2D eigenvalue weighted by atomic mass is 10.0. The van der Waals surface area contributed by atoms with Gasteiger partial charge in [-0.25, -0.2) is 0 Å². The molecule has 0 saturated carbocycles. The summed E-state index contributed by atoms with van der Waals surface area (Å²) in [6.07, 6.45) is 119. The molecule has 0 aromatic carbocycles. The summed E-state index contributed by atoms with van der Waals surface area (Å²) in [5, 5.41) is 9.70. The van der Waals surface area contributed by atoms with Crippen LogP contribution in [0.15, 0.2) is 219 Å². The monoisotopic (exact) mass is 1180 g/mol. The predicted molar refractivity (Wildman–Crippen MR) is 379 cm³/mol. The lowest BCUT2D eigenvalue weighted by Crippen LogP contribution is -2.28. The van der Waals surface area contributed by atoms with Crippen molar-refractivity contribution in [3.63, 3.8) is 0 Å². The zero-order valence-electron chi connectivity index (χ0n) is 54.7. The Balaban J connectivity index is 3.64. The Hall–Kier alpha value is -5.78. The maximum Gasteiger partial charge on any atom is 0.306 e. The largest absolute Gasteiger partial charge is 0.462 e. The first-order valence-corrected chi connectivity index (χ1v) is 34.3. The highest BCUT2D eigenvalue weighted by Gasteiger charge is 2.16. The maximum atomic E-state index is 12.4. The molecule has 0 rings (SSSR count). The van der Waals surface area contributed by atoms with Crippen molar-refractivity contribution in [1.82, 2.24) is 0 Å². The average Bonchev–Trinajstić information content (AvgIpc) is 3.53. The van der Waals surface area contributed by atoms with Crippen LogP contribution in [0.5, 0.6) is 0 Å². The van der Waals surface area contributed by atoms with Crippen LogP contribution in [-0.4, -0.2) is 36.4 Å². The third-order valence-corrected chi connectivity index (χ3v) is 13.8. The molecule has 0 aliphatic rings. The van der Waals surface area contributed by atoms with E-state index < -0.39 is 6.10 Å². The summed E-state index contributed by atoms with van der Waals surface area (Å²) in [5.74, 6) is -0.644. The van der Waals surface area contributed by atoms with Crippen LogP contribution in [0.3, 0.4) is 0 Å². The standard InChI is InChI=1S/C81H124O5/c1-3-5-7-9-11-13-15-17-19-21-23-25-27-29-31-33-35-37-39-40-42-44-46-48-50-52-54-56-58-60-62-64-66-68-70-72-74-76-81(84)86-79(77-82)78-85-80(83)75-73-71-69-67-65-63-61-59-57-55-53-51-49-47-45-43-41-38-36-34-32-30-28-26-24-22-20-18-16-14-12-10-8-6-4-2/h5-8,11-14,17-20,23-26,29-32,35-38,40,42-43,45-46,48,52,54,58,60,64,66,79,82H,3-4,9-10,15-16,21-22,27-28,33-34,39,41,44,47,49-51,53,55-57,59,61-63,65,67-78H2,1-2H3/b7-5-,8-6-,13-11-,14-12-,19-17-,20-18-,25-23-,26-24-,31-29-,32-30-,37-35-,38-36-,42-40-,45-43-,48-46-,54-52-,60-58-,66-64-. The van der Waals surface area contributed by atoms with E-state index >= 15 is 0 Å². The van der Waals surface area contributed by atoms with Gasteiger partial charge in [0.15, 0.2) is 6.10 Å². The maximum absolute atomic E-state index is 12.4. The summed E-state index contributed by atoms with van der Waals surface area (Å²) in [5.41, 5.74) is 0. The van der Waals surface area contributed by atoms with Crippen LogP contribution >= 0.6 is 0 Å². The minimum Gasteiger partial charge on any atom is -0.462 e. The molecule has 0 heterocycles. The van der Waals surface area contributed by atoms with Gasteiger partial charge < -0.3 is 14.6 Å². The number of carbonyl (C=O) groups excluding carboxylic acids is 2. The Morgan fingerprint density at radius 1 is 0.267 bits per heavy atom. The summed E-state index contributed by atoms with van der Waals surface area (Å²) < 4.78 is 10.7. The minimum absolute atomic E-state index is 0.0939. The summed E-state index contributed by atoms with van der Waals surface area (Å²) in [6.45, 7) is 3.88. The predicted octanol–water partition coefficient (Wildman–Crippen LogP) is 24.3. The fourth-order valence-corrected chi connectivity index (χ4v) is 8.72. The summed E-state index contributed by atoms with van der Waals surface area (Å²) in [7, 11) is 0. The molecule has 0 aliphatic heterocycles. The molecule has 5 nitrogen and oxygen atoms in total. The first-order chi connectivity index (χ1) is 42.6. The van der Waals surface area contributed by atoms with Crippen molar-refractivity contribution in [2.24, 2.45) is 0 Å². The van der Waals surface area contributed by atoms with Gasteiger partial charge in [-0.05, 0) is 154 Å². The molecular formula is C81H124O5. The van der Waals surface area contributed by atoms with Crippen LogP contribution in [-0.2, 0) is 19.1 Å². The Morgan fingerprint density at radius 3 is 0.709 bits per heavy atom. The lowest BCUT2D eigenvalue weighted by molar-refractivity contribution is -0.161. The zero-order valence-corrected chi connectivity index (χ0v) is 54.7. The fraction of sp³-hybridized carbons (Fsp3) is 0.531. The smallest absolute Gasteiger partial charge is 0.306 e. The van der Waals surface area contributed by atoms with Crippen LogP contribution in [0.4, 0.5) is 0 Å². The molecule has 0 radical (unpaired) electrons. The van der Waals surface area contributed by atoms with E-state index in [1.165, 1.54) is 70.6 Å². The quantitative estimate of drug-likeness (QED) is 0.0373. The first kappa shape index (κ1) is 80.2. The van der Waals surface area contributed by atoms with Gasteiger partial charge in [0.05, 0.1) is 6.61 Å². The first-order valence-electron chi connectivity index (χ1n) is 34.3. The van der Waals surface area contributed by atoms with Gasteiger partial charge in [-0.3, -0.25) is 9.59 Å². The van der Waals surface area contributed by atoms with Crippen molar-refractivity contribution in [3.05, 3.63) is 219 Å². The Labute approximate surface area is 529 Å². The summed E-state index contributed by atoms with van der Waals surface area (Å²) >= 11 is 0. The van der Waals surface area contributed by atoms with Gasteiger partial charge in [0.2, 0.25) is 0 Å². The van der Waals surface area contributed by atoms with Crippen molar-refractivity contribution >= 4 is 11.9 Å². The van der Waals surface area contributed by atoms with Crippen LogP contribution in [0.1, 0.15) is 258 Å². The number of allylic oxidation sites excluding steroid dienone is 36. The minimum atomic E-state index is -0.809. The zero-order chi connectivity index (χ0) is 61.9. The number of esters is 2. The van der Waals surface area contributed by atoms with E-state index in [9.17, 15) is 14.7 Å². The normalized spacial score (nSPS) is 13.7. The molecule has 86 heavy (non-hydrogen) atoms. The van der Waals surface area contributed by atoms with Gasteiger partial charge in [-0.15, -0.1) is 0 Å². The molecule has 1 atom stereocenters. The SMILES string of the molecule is CC/C=C\C/C=C\C/C=C\C/C=C\C/C=C\C/C=C\C/C=C\C/C=C\C/C=C\C/C=C\C/C=C\CCCCCC(=O)OC(CO)COC(=O)CCCCCCCCCCCCCCC/C=C\C/C=C\C/C=C\C/C=C\C/C=C\C/C=C\C/C=C\CC. The van der Waals surface area contributed by atoms with E-state index in [1.807, 2.05) is 0 Å². The number of aliphatic hydroxyl groups excluding tert-OH is 1. The van der Waals surface area contributed by atoms with E-state index in [2.05, 4.69) is 233 Å². The number of rotatable bonds is 60. The lowest BCUT2D eigenvalue weighted by Gasteiger charge is -2.15. The van der Waals surface area contributed by atoms with Crippen molar-refractivity contribution in [2.45, 2.75) is 264 Å². The van der Waals surface area contributed by atoms with E-state index in [4.69, 9.17) is 9.47 Å². The number of aliphatic hydroxyl groups is 1. The van der Waals surface area contributed by atoms with Crippen molar-refractivity contribution in [3.8, 4) is 0 Å². The van der Waals surface area contributed by atoms with Crippen LogP contribution in [0, 0.1) is 0 Å². The number of carbonyl (C=O) groups is 2. The van der Waals surface area contributed by atoms with Gasteiger partial charge >= 0.3 is 11.9 Å². The molecule has 0 aliphatic carbocycles. The van der Waals surface area contributed by atoms with E-state index in [0.29, 0.717) is 12.8 Å². The summed E-state index contributed by atoms with van der Waals surface area (Å²) in [4.78, 5) is 24.6. The van der Waals surface area contributed by atoms with Gasteiger partial charge in [0.1, 0.15) is 6.61 Å². The van der Waals surface area contributed by atoms with Crippen LogP contribution in [0.2, 0.25) is 0 Å². The molecule has 478 valence electrons. The third kappa shape index (κ3) is 70.7. The summed E-state index contributed by atoms with van der Waals surface area (Å²) in [6, 6.07) is 0. The third-order valence-electron chi connectivity index (χ3n) is 13.8. The Bertz CT molecular complexity index is 2060. The van der Waals surface area contributed by atoms with Crippen LogP contribution < -0.4 is 0 Å². The number of ether oxygens (including phenoxy) is 2. The fourth-order valence-electron chi connectivity index (χ4n) is 8.72. The Morgan fingerprint density at radius 2 is 0.465 bits per heavy atom. The second-order valence-corrected chi connectivity index (χ2v) is 21.8. The highest BCUT2D eigenvalue weighted by Crippen LogP contribution is 2.15. The number of hydrogen-bond donors (Lipinski definition) is 1. The topological polar surface area (TPSA) is 72.8 Å². The molecular weight excluding hydrogens is 1050 g/mol. The van der Waals surface area contributed by atoms with Gasteiger partial charge in [-0.1, -0.05) is 310 Å².